The van der Waals surface area contributed by atoms with Gasteiger partial charge in [-0.15, -0.1) is 0 Å². The Morgan fingerprint density at radius 2 is 1.86 bits per heavy atom. The molecule has 0 spiro atoms. The van der Waals surface area contributed by atoms with Crippen LogP contribution in [0.15, 0.2) is 47.4 Å². The number of halogens is 1. The van der Waals surface area contributed by atoms with Crippen molar-refractivity contribution in [3.05, 3.63) is 53.8 Å². The summed E-state index contributed by atoms with van der Waals surface area (Å²) in [6, 6.07) is 10.0. The second-order valence-corrected chi connectivity index (χ2v) is 5.95. The first-order valence-corrected chi connectivity index (χ1v) is 7.60. The van der Waals surface area contributed by atoms with E-state index in [1.54, 1.807) is 12.1 Å². The lowest BCUT2D eigenvalue weighted by atomic mass is 10.2. The first-order chi connectivity index (χ1) is 9.96. The minimum atomic E-state index is -4.02. The summed E-state index contributed by atoms with van der Waals surface area (Å²) in [5, 5.41) is 0. The van der Waals surface area contributed by atoms with Crippen LogP contribution in [0.5, 0.6) is 5.75 Å². The van der Waals surface area contributed by atoms with Gasteiger partial charge in [-0.05, 0) is 42.0 Å². The predicted octanol–water partition coefficient (Wildman–Crippen LogP) is 2.09. The van der Waals surface area contributed by atoms with Gasteiger partial charge in [0.1, 0.15) is 16.5 Å². The van der Waals surface area contributed by atoms with Crippen LogP contribution in [0.4, 0.5) is 10.1 Å². The number of sulfonamides is 1. The third-order valence-electron chi connectivity index (χ3n) is 2.86. The average molecular weight is 310 g/mol. The van der Waals surface area contributed by atoms with E-state index in [4.69, 9.17) is 10.5 Å². The molecule has 0 heterocycles. The lowest BCUT2D eigenvalue weighted by molar-refractivity contribution is 0.415. The third-order valence-corrected chi connectivity index (χ3v) is 4.26. The van der Waals surface area contributed by atoms with Crippen molar-refractivity contribution in [1.29, 1.82) is 0 Å². The summed E-state index contributed by atoms with van der Waals surface area (Å²) in [5.74, 6) is -0.234. The minimum absolute atomic E-state index is 0.130. The van der Waals surface area contributed by atoms with Crippen LogP contribution in [0, 0.1) is 5.82 Å². The van der Waals surface area contributed by atoms with Gasteiger partial charge in [0.15, 0.2) is 0 Å². The van der Waals surface area contributed by atoms with E-state index in [0.29, 0.717) is 17.0 Å². The summed E-state index contributed by atoms with van der Waals surface area (Å²) in [6.07, 6.45) is 0. The first kappa shape index (κ1) is 15.3. The van der Waals surface area contributed by atoms with Crippen molar-refractivity contribution >= 4 is 15.7 Å². The van der Waals surface area contributed by atoms with Crippen LogP contribution in [-0.2, 0) is 16.6 Å². The number of hydrogen-bond acceptors (Lipinski definition) is 4. The number of rotatable bonds is 5. The van der Waals surface area contributed by atoms with Gasteiger partial charge < -0.3 is 10.5 Å². The molecule has 0 aliphatic heterocycles. The molecule has 0 saturated carbocycles. The van der Waals surface area contributed by atoms with Crippen LogP contribution in [0.25, 0.3) is 0 Å². The molecule has 112 valence electrons. The number of anilines is 1. The number of nitrogens with one attached hydrogen (secondary N) is 1. The van der Waals surface area contributed by atoms with Gasteiger partial charge in [0, 0.05) is 12.2 Å². The third kappa shape index (κ3) is 3.50. The molecule has 21 heavy (non-hydrogen) atoms. The smallest absolute Gasteiger partial charge is 0.264 e. The molecule has 0 fully saturated rings. The second kappa shape index (κ2) is 6.11. The predicted molar refractivity (Wildman–Crippen MR) is 78.1 cm³/mol. The summed E-state index contributed by atoms with van der Waals surface area (Å²) in [6.45, 7) is 0.130. The molecule has 7 heteroatoms. The fraction of sp³-hybridized carbons (Fsp3) is 0.143. The number of benzene rings is 2. The monoisotopic (exact) mass is 310 g/mol. The Morgan fingerprint density at radius 3 is 2.43 bits per heavy atom. The Balaban J connectivity index is 2.33. The van der Waals surface area contributed by atoms with Crippen LogP contribution in [-0.4, -0.2) is 15.5 Å². The van der Waals surface area contributed by atoms with Gasteiger partial charge in [-0.2, -0.15) is 0 Å². The highest BCUT2D eigenvalue weighted by atomic mass is 32.2. The van der Waals surface area contributed by atoms with Crippen LogP contribution in [0.3, 0.4) is 0 Å². The lowest BCUT2D eigenvalue weighted by Gasteiger charge is -2.10. The maximum Gasteiger partial charge on any atom is 0.264 e. The van der Waals surface area contributed by atoms with Crippen molar-refractivity contribution < 1.29 is 17.5 Å². The normalized spacial score (nSPS) is 11.2. The van der Waals surface area contributed by atoms with E-state index in [2.05, 4.69) is 4.72 Å². The van der Waals surface area contributed by atoms with E-state index in [-0.39, 0.29) is 6.54 Å². The van der Waals surface area contributed by atoms with Crippen LogP contribution >= 0.6 is 0 Å². The summed E-state index contributed by atoms with van der Waals surface area (Å²) >= 11 is 0. The van der Waals surface area contributed by atoms with Gasteiger partial charge >= 0.3 is 0 Å². The van der Waals surface area contributed by atoms with E-state index in [0.717, 1.165) is 6.07 Å². The molecule has 0 radical (unpaired) electrons. The Hall–Kier alpha value is -2.12. The molecular weight excluding hydrogens is 295 g/mol. The fourth-order valence-electron chi connectivity index (χ4n) is 1.75. The average Bonchev–Trinajstić information content (AvgIpc) is 2.48. The molecular formula is C14H15FN2O3S. The summed E-state index contributed by atoms with van der Waals surface area (Å²) in [4.78, 5) is -0.429. The number of methoxy groups -OCH3 is 1. The highest BCUT2D eigenvalue weighted by Crippen LogP contribution is 2.21. The minimum Gasteiger partial charge on any atom is -0.497 e. The zero-order chi connectivity index (χ0) is 15.5. The zero-order valence-corrected chi connectivity index (χ0v) is 12.2. The van der Waals surface area contributed by atoms with Gasteiger partial charge in [0.05, 0.1) is 7.11 Å². The maximum atomic E-state index is 13.7. The van der Waals surface area contributed by atoms with Crippen molar-refractivity contribution in [1.82, 2.24) is 0 Å². The molecule has 0 bridgehead atoms. The summed E-state index contributed by atoms with van der Waals surface area (Å²) in [5.41, 5.74) is 6.29. The largest absolute Gasteiger partial charge is 0.497 e. The van der Waals surface area contributed by atoms with Crippen molar-refractivity contribution in [3.8, 4) is 5.75 Å². The molecule has 3 N–H and O–H groups in total. The standard InChI is InChI=1S/C14H15FN2O3S/c1-20-12-5-3-11(4-6-12)17-21(18,19)14-8-10(9-16)2-7-13(14)15/h2-8,17H,9,16H2,1H3. The SMILES string of the molecule is COc1ccc(NS(=O)(=O)c2cc(CN)ccc2F)cc1. The van der Waals surface area contributed by atoms with E-state index < -0.39 is 20.7 Å². The quantitative estimate of drug-likeness (QED) is 0.886. The number of nitrogens with two attached hydrogens (primary N) is 1. The lowest BCUT2D eigenvalue weighted by Crippen LogP contribution is -2.15. The van der Waals surface area contributed by atoms with E-state index in [9.17, 15) is 12.8 Å². The van der Waals surface area contributed by atoms with E-state index >= 15 is 0 Å². The molecule has 0 saturated heterocycles. The van der Waals surface area contributed by atoms with Gasteiger partial charge in [-0.3, -0.25) is 4.72 Å². The van der Waals surface area contributed by atoms with Gasteiger partial charge in [0.25, 0.3) is 10.0 Å². The fourth-order valence-corrected chi connectivity index (χ4v) is 2.94. The van der Waals surface area contributed by atoms with Crippen molar-refractivity contribution in [2.75, 3.05) is 11.8 Å². The molecule has 0 atom stereocenters. The van der Waals surface area contributed by atoms with Crippen LogP contribution in [0.1, 0.15) is 5.56 Å². The Morgan fingerprint density at radius 1 is 1.19 bits per heavy atom. The summed E-state index contributed by atoms with van der Waals surface area (Å²) in [7, 11) is -2.51. The Kier molecular flexibility index (Phi) is 4.44. The molecule has 2 aromatic carbocycles. The van der Waals surface area contributed by atoms with Gasteiger partial charge in [-0.1, -0.05) is 6.07 Å². The molecule has 2 rings (SSSR count). The molecule has 5 nitrogen and oxygen atoms in total. The number of ether oxygens (including phenoxy) is 1. The van der Waals surface area contributed by atoms with E-state index in [1.165, 1.54) is 31.4 Å². The maximum absolute atomic E-state index is 13.7. The molecule has 0 unspecified atom stereocenters. The van der Waals surface area contributed by atoms with Crippen molar-refractivity contribution in [2.24, 2.45) is 5.73 Å². The Labute approximate surface area is 122 Å². The molecule has 0 aromatic heterocycles. The van der Waals surface area contributed by atoms with E-state index in [1.807, 2.05) is 0 Å². The number of hydrogen-bond donors (Lipinski definition) is 2. The van der Waals surface area contributed by atoms with Gasteiger partial charge in [0.2, 0.25) is 0 Å². The highest BCUT2D eigenvalue weighted by molar-refractivity contribution is 7.92. The molecule has 0 amide bonds. The first-order valence-electron chi connectivity index (χ1n) is 6.11. The van der Waals surface area contributed by atoms with Crippen molar-refractivity contribution in [3.63, 3.8) is 0 Å². The Bertz CT molecular complexity index is 730. The molecule has 2 aromatic rings. The van der Waals surface area contributed by atoms with Gasteiger partial charge in [-0.25, -0.2) is 12.8 Å². The zero-order valence-electron chi connectivity index (χ0n) is 11.3. The van der Waals surface area contributed by atoms with Crippen LogP contribution in [0.2, 0.25) is 0 Å². The van der Waals surface area contributed by atoms with Crippen LogP contribution < -0.4 is 15.2 Å². The highest BCUT2D eigenvalue weighted by Gasteiger charge is 2.19. The molecule has 0 aliphatic rings. The topological polar surface area (TPSA) is 81.4 Å². The second-order valence-electron chi connectivity index (χ2n) is 4.30. The molecule has 0 aliphatic carbocycles. The summed E-state index contributed by atoms with van der Waals surface area (Å²) < 4.78 is 45.5. The van der Waals surface area contributed by atoms with Crippen molar-refractivity contribution in [2.45, 2.75) is 11.4 Å².